The van der Waals surface area contributed by atoms with Crippen molar-refractivity contribution in [3.63, 3.8) is 0 Å². The van der Waals surface area contributed by atoms with Crippen molar-refractivity contribution < 1.29 is 32.9 Å². The Morgan fingerprint density at radius 3 is 1.03 bits per heavy atom. The predicted molar refractivity (Wildman–Crippen MR) is 376 cm³/mol. The summed E-state index contributed by atoms with van der Waals surface area (Å²) in [6.07, 6.45) is 94.3. The lowest BCUT2D eigenvalue weighted by molar-refractivity contribution is -0.870. The Bertz CT molecular complexity index is 1630. The van der Waals surface area contributed by atoms with Gasteiger partial charge in [0.2, 0.25) is 5.91 Å². The molecule has 0 aromatic carbocycles. The summed E-state index contributed by atoms with van der Waals surface area (Å²) in [6, 6.07) is -0.802. The molecular formula is C77H145N2O6P. The molecule has 0 aliphatic heterocycles. The van der Waals surface area contributed by atoms with E-state index in [0.717, 1.165) is 77.0 Å². The third kappa shape index (κ3) is 69.4. The van der Waals surface area contributed by atoms with Gasteiger partial charge in [0, 0.05) is 6.42 Å². The van der Waals surface area contributed by atoms with Crippen molar-refractivity contribution in [2.45, 2.75) is 373 Å². The van der Waals surface area contributed by atoms with Crippen molar-refractivity contribution in [2.75, 3.05) is 40.9 Å². The monoisotopic (exact) mass is 1230 g/mol. The minimum Gasteiger partial charge on any atom is -0.756 e. The third-order valence-electron chi connectivity index (χ3n) is 17.0. The highest BCUT2D eigenvalue weighted by Crippen LogP contribution is 2.38. The molecule has 9 heteroatoms. The number of unbranched alkanes of at least 4 members (excludes halogenated alkanes) is 44. The number of likely N-dealkylation sites (N-methyl/N-ethyl adjacent to an activating group) is 1. The molecule has 0 radical (unpaired) electrons. The van der Waals surface area contributed by atoms with E-state index in [9.17, 15) is 19.4 Å². The normalized spacial score (nSPS) is 14.0. The highest BCUT2D eigenvalue weighted by molar-refractivity contribution is 7.45. The van der Waals surface area contributed by atoms with Crippen LogP contribution < -0.4 is 10.2 Å². The van der Waals surface area contributed by atoms with Gasteiger partial charge in [-0.15, -0.1) is 0 Å². The first kappa shape index (κ1) is 83.9. The fraction of sp³-hybridized carbons (Fsp3) is 0.831. The van der Waals surface area contributed by atoms with Crippen LogP contribution in [-0.2, 0) is 18.4 Å². The first-order valence-corrected chi connectivity index (χ1v) is 38.7. The van der Waals surface area contributed by atoms with E-state index >= 15 is 0 Å². The number of amides is 1. The molecule has 0 spiro atoms. The number of carbonyl (C=O) groups excluding carboxylic acids is 1. The summed E-state index contributed by atoms with van der Waals surface area (Å²) in [5.74, 6) is -0.158. The Balaban J connectivity index is 3.92. The molecule has 0 aliphatic carbocycles. The third-order valence-corrected chi connectivity index (χ3v) is 17.9. The molecule has 0 rings (SSSR count). The average Bonchev–Trinajstić information content (AvgIpc) is 3.70. The highest BCUT2D eigenvalue weighted by Gasteiger charge is 2.24. The van der Waals surface area contributed by atoms with Gasteiger partial charge in [0.25, 0.3) is 7.82 Å². The van der Waals surface area contributed by atoms with Crippen LogP contribution in [0.25, 0.3) is 0 Å². The van der Waals surface area contributed by atoms with Gasteiger partial charge >= 0.3 is 0 Å². The lowest BCUT2D eigenvalue weighted by atomic mass is 10.0. The van der Waals surface area contributed by atoms with E-state index in [1.54, 1.807) is 0 Å². The number of allylic oxidation sites excluding steroid dienone is 12. The van der Waals surface area contributed by atoms with E-state index in [2.05, 4.69) is 92.1 Å². The molecule has 0 fully saturated rings. The van der Waals surface area contributed by atoms with Gasteiger partial charge in [-0.05, 0) is 64.2 Å². The molecule has 0 saturated heterocycles. The molecule has 86 heavy (non-hydrogen) atoms. The predicted octanol–water partition coefficient (Wildman–Crippen LogP) is 23.5. The van der Waals surface area contributed by atoms with Crippen LogP contribution in [-0.4, -0.2) is 68.5 Å². The summed E-state index contributed by atoms with van der Waals surface area (Å²) in [7, 11) is 1.32. The molecule has 3 atom stereocenters. The van der Waals surface area contributed by atoms with Gasteiger partial charge in [-0.25, -0.2) is 0 Å². The van der Waals surface area contributed by atoms with Crippen molar-refractivity contribution in [3.05, 3.63) is 72.9 Å². The summed E-state index contributed by atoms with van der Waals surface area (Å²) in [4.78, 5) is 25.7. The smallest absolute Gasteiger partial charge is 0.268 e. The number of carbonyl (C=O) groups is 1. The average molecular weight is 1230 g/mol. The number of hydrogen-bond acceptors (Lipinski definition) is 6. The molecule has 8 nitrogen and oxygen atoms in total. The van der Waals surface area contributed by atoms with Gasteiger partial charge in [0.1, 0.15) is 13.2 Å². The summed E-state index contributed by atoms with van der Waals surface area (Å²) >= 11 is 0. The number of nitrogens with zero attached hydrogens (tertiary/aromatic N) is 1. The van der Waals surface area contributed by atoms with E-state index in [-0.39, 0.29) is 19.1 Å². The minimum atomic E-state index is -4.58. The Morgan fingerprint density at radius 2 is 0.709 bits per heavy atom. The molecule has 0 aromatic heterocycles. The van der Waals surface area contributed by atoms with Crippen molar-refractivity contribution in [3.8, 4) is 0 Å². The van der Waals surface area contributed by atoms with Gasteiger partial charge in [-0.2, -0.15) is 0 Å². The number of rotatable bonds is 69. The quantitative estimate of drug-likeness (QED) is 0.0272. The van der Waals surface area contributed by atoms with Crippen LogP contribution in [0, 0.1) is 0 Å². The van der Waals surface area contributed by atoms with Crippen LogP contribution in [0.3, 0.4) is 0 Å². The number of nitrogens with one attached hydrogen (secondary N) is 1. The zero-order valence-corrected chi connectivity index (χ0v) is 58.7. The fourth-order valence-corrected chi connectivity index (χ4v) is 11.9. The molecule has 504 valence electrons. The first-order valence-electron chi connectivity index (χ1n) is 37.3. The molecule has 2 N–H and O–H groups in total. The molecule has 1 amide bonds. The van der Waals surface area contributed by atoms with E-state index in [1.165, 1.54) is 257 Å². The van der Waals surface area contributed by atoms with E-state index < -0.39 is 20.0 Å². The number of aliphatic hydroxyl groups is 1. The standard InChI is InChI=1S/C77H145N2O6P/c1-6-8-10-12-14-16-18-20-22-24-26-28-30-31-32-33-34-35-36-37-38-39-40-41-42-43-44-45-46-47-49-51-53-55-57-59-61-63-65-67-69-71-77(81)78-75(74-85-86(82,83)84-73-72-79(3,4)5)76(80)70-68-66-64-62-60-58-56-54-52-50-48-29-27-25-23-21-19-17-15-13-11-9-7-2/h8,10,14,16,20,22,26,28,31-32,34-35,75-76,80H,6-7,9,11-13,15,17-19,21,23-25,27,29-30,33,36-74H2,1-5H3,(H-,78,81,82,83)/b10-8-,16-14-,22-20-,28-26-,32-31-,35-34-. The Morgan fingerprint density at radius 1 is 0.419 bits per heavy atom. The van der Waals surface area contributed by atoms with Gasteiger partial charge in [-0.1, -0.05) is 363 Å². The van der Waals surface area contributed by atoms with Crippen LogP contribution in [0.1, 0.15) is 361 Å². The molecule has 0 aromatic rings. The summed E-state index contributed by atoms with van der Waals surface area (Å²) in [6.45, 7) is 4.66. The molecule has 0 aliphatic rings. The van der Waals surface area contributed by atoms with Gasteiger partial charge in [-0.3, -0.25) is 9.36 Å². The maximum Gasteiger partial charge on any atom is 0.268 e. The van der Waals surface area contributed by atoms with Crippen molar-refractivity contribution in [1.82, 2.24) is 5.32 Å². The number of aliphatic hydroxyl groups excluding tert-OH is 1. The van der Waals surface area contributed by atoms with Crippen LogP contribution in [0.5, 0.6) is 0 Å². The molecule has 0 heterocycles. The van der Waals surface area contributed by atoms with Gasteiger partial charge in [0.05, 0.1) is 39.9 Å². The van der Waals surface area contributed by atoms with Gasteiger partial charge in [0.15, 0.2) is 0 Å². The second kappa shape index (κ2) is 67.3. The zero-order chi connectivity index (χ0) is 62.6. The van der Waals surface area contributed by atoms with Crippen molar-refractivity contribution in [2.24, 2.45) is 0 Å². The number of quaternary nitrogens is 1. The first-order chi connectivity index (χ1) is 42.0. The van der Waals surface area contributed by atoms with Crippen LogP contribution >= 0.6 is 7.82 Å². The lowest BCUT2D eigenvalue weighted by Gasteiger charge is -2.30. The maximum absolute atomic E-state index is 13.1. The molecular weight excluding hydrogens is 1080 g/mol. The second-order valence-corrected chi connectivity index (χ2v) is 28.0. The van der Waals surface area contributed by atoms with Crippen molar-refractivity contribution >= 4 is 13.7 Å². The SMILES string of the molecule is CC/C=C\C/C=C\C/C=C\C/C=C\C/C=C\C/C=C\CCCCCCCCCCCCCCCCCCCCCCCCC(=O)NC(COP(=O)([O-])OCC[N+](C)(C)C)C(O)CCCCCCCCCCCCCCCCCCCCCCCCC. The fourth-order valence-electron chi connectivity index (χ4n) is 11.2. The Hall–Kier alpha value is -2.06. The van der Waals surface area contributed by atoms with Crippen LogP contribution in [0.15, 0.2) is 72.9 Å². The second-order valence-electron chi connectivity index (χ2n) is 26.6. The Labute approximate surface area is 535 Å². The number of phosphoric ester groups is 1. The number of hydrogen-bond donors (Lipinski definition) is 2. The topological polar surface area (TPSA) is 108 Å². The highest BCUT2D eigenvalue weighted by atomic mass is 31.2. The summed E-state index contributed by atoms with van der Waals surface area (Å²) in [5, 5.41) is 14.1. The van der Waals surface area contributed by atoms with E-state index in [4.69, 9.17) is 9.05 Å². The van der Waals surface area contributed by atoms with Crippen molar-refractivity contribution in [1.29, 1.82) is 0 Å². The number of phosphoric acid groups is 1. The van der Waals surface area contributed by atoms with E-state index in [1.807, 2.05) is 21.1 Å². The zero-order valence-electron chi connectivity index (χ0n) is 57.8. The largest absolute Gasteiger partial charge is 0.756 e. The Kier molecular flexibility index (Phi) is 65.7. The van der Waals surface area contributed by atoms with Crippen LogP contribution in [0.4, 0.5) is 0 Å². The summed E-state index contributed by atoms with van der Waals surface area (Å²) < 4.78 is 23.6. The van der Waals surface area contributed by atoms with E-state index in [0.29, 0.717) is 23.9 Å². The van der Waals surface area contributed by atoms with Crippen LogP contribution in [0.2, 0.25) is 0 Å². The molecule has 0 bridgehead atoms. The maximum atomic E-state index is 13.1. The molecule has 3 unspecified atom stereocenters. The molecule has 0 saturated carbocycles. The summed E-state index contributed by atoms with van der Waals surface area (Å²) in [5.41, 5.74) is 0. The lowest BCUT2D eigenvalue weighted by Crippen LogP contribution is -2.46. The van der Waals surface area contributed by atoms with Gasteiger partial charge < -0.3 is 28.8 Å². The minimum absolute atomic E-state index is 0.0133.